The molecule has 2 amide bonds. The van der Waals surface area contributed by atoms with Crippen LogP contribution in [0.4, 0.5) is 10.5 Å². The van der Waals surface area contributed by atoms with Gasteiger partial charge in [0, 0.05) is 25.2 Å². The predicted octanol–water partition coefficient (Wildman–Crippen LogP) is 3.64. The number of aromatic nitrogens is 1. The molecule has 0 saturated carbocycles. The number of furan rings is 1. The van der Waals surface area contributed by atoms with E-state index in [4.69, 9.17) is 13.6 Å². The van der Waals surface area contributed by atoms with Gasteiger partial charge in [-0.3, -0.25) is 0 Å². The molecule has 7 heteroatoms. The summed E-state index contributed by atoms with van der Waals surface area (Å²) in [6.07, 6.45) is 0. The van der Waals surface area contributed by atoms with Crippen molar-refractivity contribution in [1.82, 2.24) is 9.88 Å². The first-order valence-electron chi connectivity index (χ1n) is 8.19. The average Bonchev–Trinajstić information content (AvgIpc) is 3.19. The Labute approximate surface area is 144 Å². The fraction of sp³-hybridized carbons (Fsp3) is 0.333. The fourth-order valence-corrected chi connectivity index (χ4v) is 3.03. The molecule has 25 heavy (non-hydrogen) atoms. The van der Waals surface area contributed by atoms with Gasteiger partial charge in [0.25, 0.3) is 0 Å². The average molecular weight is 341 g/mol. The Morgan fingerprint density at radius 3 is 2.92 bits per heavy atom. The number of nitrogens with zero attached hydrogens (tertiary/aromatic N) is 2. The van der Waals surface area contributed by atoms with Crippen LogP contribution in [-0.2, 0) is 4.74 Å². The maximum atomic E-state index is 12.8. The zero-order chi connectivity index (χ0) is 17.4. The number of hydrogen-bond acceptors (Lipinski definition) is 5. The van der Waals surface area contributed by atoms with Crippen LogP contribution in [0.1, 0.15) is 23.5 Å². The van der Waals surface area contributed by atoms with Gasteiger partial charge >= 0.3 is 6.03 Å². The summed E-state index contributed by atoms with van der Waals surface area (Å²) < 4.78 is 16.7. The van der Waals surface area contributed by atoms with Crippen molar-refractivity contribution in [2.24, 2.45) is 0 Å². The van der Waals surface area contributed by atoms with E-state index < -0.39 is 0 Å². The maximum Gasteiger partial charge on any atom is 0.322 e. The predicted molar refractivity (Wildman–Crippen MR) is 91.5 cm³/mol. The SMILES string of the molecule is Cc1ccc([C@H]2COCCN2C(=O)Nc2ccc3nc(C)oc3c2)o1. The van der Waals surface area contributed by atoms with Crippen molar-refractivity contribution in [3.05, 3.63) is 47.7 Å². The molecule has 1 aliphatic rings. The minimum Gasteiger partial charge on any atom is -0.464 e. The van der Waals surface area contributed by atoms with E-state index in [0.29, 0.717) is 36.9 Å². The summed E-state index contributed by atoms with van der Waals surface area (Å²) >= 11 is 0. The summed E-state index contributed by atoms with van der Waals surface area (Å²) in [6, 6.07) is 8.76. The number of rotatable bonds is 2. The number of amides is 2. The summed E-state index contributed by atoms with van der Waals surface area (Å²) in [5, 5.41) is 2.92. The number of oxazole rings is 1. The molecule has 4 rings (SSSR count). The quantitative estimate of drug-likeness (QED) is 0.769. The van der Waals surface area contributed by atoms with Crippen LogP contribution in [0.5, 0.6) is 0 Å². The molecule has 3 aromatic rings. The molecule has 1 fully saturated rings. The lowest BCUT2D eigenvalue weighted by Crippen LogP contribution is -2.45. The van der Waals surface area contributed by atoms with Crippen molar-refractivity contribution in [1.29, 1.82) is 0 Å². The van der Waals surface area contributed by atoms with E-state index in [9.17, 15) is 4.79 Å². The number of nitrogens with one attached hydrogen (secondary N) is 1. The Hall–Kier alpha value is -2.80. The minimum absolute atomic E-state index is 0.196. The second-order valence-corrected chi connectivity index (χ2v) is 6.08. The van der Waals surface area contributed by atoms with Crippen molar-refractivity contribution >= 4 is 22.8 Å². The number of benzene rings is 1. The molecule has 7 nitrogen and oxygen atoms in total. The van der Waals surface area contributed by atoms with Crippen LogP contribution in [-0.4, -0.2) is 35.7 Å². The first kappa shape index (κ1) is 15.7. The highest BCUT2D eigenvalue weighted by Crippen LogP contribution is 2.27. The Bertz CT molecular complexity index is 914. The normalized spacial score (nSPS) is 17.8. The van der Waals surface area contributed by atoms with Crippen LogP contribution >= 0.6 is 0 Å². The van der Waals surface area contributed by atoms with Crippen LogP contribution in [0.15, 0.2) is 39.2 Å². The molecule has 0 aliphatic carbocycles. The molecule has 0 bridgehead atoms. The highest BCUT2D eigenvalue weighted by atomic mass is 16.5. The summed E-state index contributed by atoms with van der Waals surface area (Å²) in [5.41, 5.74) is 2.08. The van der Waals surface area contributed by atoms with Crippen LogP contribution in [0, 0.1) is 13.8 Å². The van der Waals surface area contributed by atoms with E-state index in [1.165, 1.54) is 0 Å². The smallest absolute Gasteiger partial charge is 0.322 e. The Morgan fingerprint density at radius 2 is 2.12 bits per heavy atom. The molecule has 130 valence electrons. The number of urea groups is 1. The van der Waals surface area contributed by atoms with Crippen molar-refractivity contribution in [2.45, 2.75) is 19.9 Å². The fourth-order valence-electron chi connectivity index (χ4n) is 3.03. The monoisotopic (exact) mass is 341 g/mol. The van der Waals surface area contributed by atoms with Crippen molar-refractivity contribution in [3.8, 4) is 0 Å². The highest BCUT2D eigenvalue weighted by Gasteiger charge is 2.31. The molecule has 1 aromatic carbocycles. The summed E-state index contributed by atoms with van der Waals surface area (Å²) in [7, 11) is 0. The number of aryl methyl sites for hydroxylation is 2. The van der Waals surface area contributed by atoms with E-state index in [2.05, 4.69) is 10.3 Å². The molecule has 0 radical (unpaired) electrons. The Kier molecular flexibility index (Phi) is 3.93. The standard InChI is InChI=1S/C18H19N3O4/c1-11-3-6-16(24-11)15-10-23-8-7-21(15)18(22)20-13-4-5-14-17(9-13)25-12(2)19-14/h3-6,9,15H,7-8,10H2,1-2H3,(H,20,22)/t15-/m1/s1. The molecule has 1 saturated heterocycles. The van der Waals surface area contributed by atoms with E-state index in [1.54, 1.807) is 17.9 Å². The Morgan fingerprint density at radius 1 is 1.24 bits per heavy atom. The van der Waals surface area contributed by atoms with Gasteiger partial charge in [-0.1, -0.05) is 0 Å². The lowest BCUT2D eigenvalue weighted by molar-refractivity contribution is 0.00710. The molecule has 3 heterocycles. The van der Waals surface area contributed by atoms with Crippen molar-refractivity contribution in [2.75, 3.05) is 25.1 Å². The van der Waals surface area contributed by atoms with E-state index >= 15 is 0 Å². The molecule has 0 unspecified atom stereocenters. The number of carbonyl (C=O) groups is 1. The van der Waals surface area contributed by atoms with E-state index in [0.717, 1.165) is 17.0 Å². The zero-order valence-corrected chi connectivity index (χ0v) is 14.1. The van der Waals surface area contributed by atoms with Gasteiger partial charge in [-0.05, 0) is 31.2 Å². The van der Waals surface area contributed by atoms with Crippen molar-refractivity contribution in [3.63, 3.8) is 0 Å². The third-order valence-electron chi connectivity index (χ3n) is 4.23. The van der Waals surface area contributed by atoms with Gasteiger partial charge in [-0.25, -0.2) is 9.78 Å². The van der Waals surface area contributed by atoms with Gasteiger partial charge in [-0.15, -0.1) is 0 Å². The second kappa shape index (κ2) is 6.25. The van der Waals surface area contributed by atoms with Crippen LogP contribution in [0.3, 0.4) is 0 Å². The molecular weight excluding hydrogens is 322 g/mol. The van der Waals surface area contributed by atoms with Crippen molar-refractivity contribution < 1.29 is 18.4 Å². The maximum absolute atomic E-state index is 12.8. The molecule has 1 N–H and O–H groups in total. The number of anilines is 1. The van der Waals surface area contributed by atoms with Crippen LogP contribution in [0.25, 0.3) is 11.1 Å². The lowest BCUT2D eigenvalue weighted by atomic mass is 10.2. The lowest BCUT2D eigenvalue weighted by Gasteiger charge is -2.34. The highest BCUT2D eigenvalue weighted by molar-refractivity contribution is 5.91. The van der Waals surface area contributed by atoms with Gasteiger partial charge in [0.1, 0.15) is 23.1 Å². The van der Waals surface area contributed by atoms with Gasteiger partial charge < -0.3 is 23.8 Å². The molecule has 1 atom stereocenters. The van der Waals surface area contributed by atoms with E-state index in [-0.39, 0.29) is 12.1 Å². The van der Waals surface area contributed by atoms with Gasteiger partial charge in [0.2, 0.25) is 0 Å². The number of ether oxygens (including phenoxy) is 1. The minimum atomic E-state index is -0.237. The number of carbonyl (C=O) groups excluding carboxylic acids is 1. The second-order valence-electron chi connectivity index (χ2n) is 6.08. The molecular formula is C18H19N3O4. The largest absolute Gasteiger partial charge is 0.464 e. The first-order chi connectivity index (χ1) is 12.1. The zero-order valence-electron chi connectivity index (χ0n) is 14.1. The summed E-state index contributed by atoms with van der Waals surface area (Å²) in [6.45, 7) is 5.10. The molecule has 1 aliphatic heterocycles. The third kappa shape index (κ3) is 3.10. The van der Waals surface area contributed by atoms with E-state index in [1.807, 2.05) is 31.2 Å². The number of morpholine rings is 1. The van der Waals surface area contributed by atoms with Crippen LogP contribution in [0.2, 0.25) is 0 Å². The topological polar surface area (TPSA) is 80.7 Å². The first-order valence-corrected chi connectivity index (χ1v) is 8.19. The Balaban J connectivity index is 1.55. The van der Waals surface area contributed by atoms with Gasteiger partial charge in [0.15, 0.2) is 11.5 Å². The molecule has 2 aromatic heterocycles. The number of fused-ring (bicyclic) bond motifs is 1. The summed E-state index contributed by atoms with van der Waals surface area (Å²) in [4.78, 5) is 18.8. The third-order valence-corrected chi connectivity index (χ3v) is 4.23. The van der Waals surface area contributed by atoms with Gasteiger partial charge in [0.05, 0.1) is 13.2 Å². The van der Waals surface area contributed by atoms with Gasteiger partial charge in [-0.2, -0.15) is 0 Å². The van der Waals surface area contributed by atoms with Crippen LogP contribution < -0.4 is 5.32 Å². The summed E-state index contributed by atoms with van der Waals surface area (Å²) in [5.74, 6) is 2.14. The molecule has 0 spiro atoms. The number of hydrogen-bond donors (Lipinski definition) is 1.